The van der Waals surface area contributed by atoms with Crippen LogP contribution in [0.15, 0.2) is 48.5 Å². The van der Waals surface area contributed by atoms with Crippen LogP contribution >= 0.6 is 12.2 Å². The summed E-state index contributed by atoms with van der Waals surface area (Å²) in [5, 5.41) is 7.41. The van der Waals surface area contributed by atoms with Crippen molar-refractivity contribution in [1.82, 2.24) is 14.8 Å². The molecule has 1 aliphatic rings. The van der Waals surface area contributed by atoms with Gasteiger partial charge in [-0.05, 0) is 54.5 Å². The molecule has 2 aromatic carbocycles. The minimum atomic E-state index is 0.598. The summed E-state index contributed by atoms with van der Waals surface area (Å²) in [6.07, 6.45) is 0.993. The topological polar surface area (TPSA) is 46.1 Å². The van der Waals surface area contributed by atoms with Crippen LogP contribution in [-0.2, 0) is 11.2 Å². The van der Waals surface area contributed by atoms with Crippen molar-refractivity contribution in [3.05, 3.63) is 58.9 Å². The lowest BCUT2D eigenvalue weighted by Crippen LogP contribution is -2.36. The molecule has 0 bridgehead atoms. The molecule has 0 spiro atoms. The number of hydrogen-bond donors (Lipinski definition) is 1. The Bertz CT molecular complexity index is 939. The fourth-order valence-electron chi connectivity index (χ4n) is 3.29. The average molecular weight is 366 g/mol. The van der Waals surface area contributed by atoms with E-state index in [0.29, 0.717) is 4.77 Å². The second kappa shape index (κ2) is 7.43. The number of rotatable bonds is 4. The summed E-state index contributed by atoms with van der Waals surface area (Å²) >= 11 is 5.49. The first-order valence-corrected chi connectivity index (χ1v) is 9.37. The van der Waals surface area contributed by atoms with E-state index in [4.69, 9.17) is 17.0 Å². The Labute approximate surface area is 158 Å². The number of aromatic nitrogens is 3. The largest absolute Gasteiger partial charge is 0.378 e. The molecule has 134 valence electrons. The zero-order valence-corrected chi connectivity index (χ0v) is 15.6. The van der Waals surface area contributed by atoms with Gasteiger partial charge in [0.15, 0.2) is 10.6 Å². The van der Waals surface area contributed by atoms with Gasteiger partial charge in [0.2, 0.25) is 0 Å². The minimum absolute atomic E-state index is 0.598. The van der Waals surface area contributed by atoms with E-state index in [1.165, 1.54) is 11.3 Å². The second-order valence-corrected chi connectivity index (χ2v) is 6.74. The number of H-pyrrole nitrogens is 1. The highest BCUT2D eigenvalue weighted by Crippen LogP contribution is 2.25. The monoisotopic (exact) mass is 366 g/mol. The first-order valence-electron chi connectivity index (χ1n) is 8.96. The van der Waals surface area contributed by atoms with Crippen LogP contribution in [0.25, 0.3) is 17.1 Å². The summed E-state index contributed by atoms with van der Waals surface area (Å²) in [7, 11) is 0. The van der Waals surface area contributed by atoms with E-state index in [9.17, 15) is 0 Å². The average Bonchev–Trinajstić information content (AvgIpc) is 3.10. The number of nitrogens with one attached hydrogen (secondary N) is 1. The van der Waals surface area contributed by atoms with E-state index in [0.717, 1.165) is 49.8 Å². The van der Waals surface area contributed by atoms with Gasteiger partial charge in [0.05, 0.1) is 18.9 Å². The maximum atomic E-state index is 5.49. The van der Waals surface area contributed by atoms with Crippen molar-refractivity contribution in [2.75, 3.05) is 31.2 Å². The molecule has 1 saturated heterocycles. The van der Waals surface area contributed by atoms with Crippen LogP contribution in [0.3, 0.4) is 0 Å². The lowest BCUT2D eigenvalue weighted by Gasteiger charge is -2.29. The van der Waals surface area contributed by atoms with Crippen LogP contribution in [0.2, 0.25) is 0 Å². The lowest BCUT2D eigenvalue weighted by atomic mass is 10.1. The summed E-state index contributed by atoms with van der Waals surface area (Å²) in [6.45, 7) is 5.58. The van der Waals surface area contributed by atoms with E-state index in [1.807, 2.05) is 4.57 Å². The molecule has 1 aromatic heterocycles. The van der Waals surface area contributed by atoms with Gasteiger partial charge in [0.1, 0.15) is 0 Å². The molecule has 3 aromatic rings. The molecule has 1 fully saturated rings. The standard InChI is InChI=1S/C20H22N4OS/c1-2-15-4-3-5-16(14-15)19-21-22-20(26)24(19)18-8-6-17(7-9-18)23-10-12-25-13-11-23/h3-9,14H,2,10-13H2,1H3,(H,22,26). The highest BCUT2D eigenvalue weighted by atomic mass is 32.1. The Morgan fingerprint density at radius 3 is 2.54 bits per heavy atom. The van der Waals surface area contributed by atoms with Crippen molar-refractivity contribution in [2.45, 2.75) is 13.3 Å². The molecule has 26 heavy (non-hydrogen) atoms. The third kappa shape index (κ3) is 3.30. The summed E-state index contributed by atoms with van der Waals surface area (Å²) in [5.74, 6) is 0.837. The predicted octanol–water partition coefficient (Wildman–Crippen LogP) is 4.00. The van der Waals surface area contributed by atoms with Crippen molar-refractivity contribution in [2.24, 2.45) is 0 Å². The molecule has 0 aliphatic carbocycles. The molecule has 2 heterocycles. The van der Waals surface area contributed by atoms with E-state index >= 15 is 0 Å². The van der Waals surface area contributed by atoms with E-state index in [-0.39, 0.29) is 0 Å². The number of ether oxygens (including phenoxy) is 1. The molecule has 0 radical (unpaired) electrons. The lowest BCUT2D eigenvalue weighted by molar-refractivity contribution is 0.122. The van der Waals surface area contributed by atoms with Crippen LogP contribution in [-0.4, -0.2) is 41.1 Å². The molecule has 1 aliphatic heterocycles. The van der Waals surface area contributed by atoms with Crippen molar-refractivity contribution < 1.29 is 4.74 Å². The first kappa shape index (κ1) is 17.0. The molecule has 0 saturated carbocycles. The van der Waals surface area contributed by atoms with Gasteiger partial charge in [-0.1, -0.05) is 25.1 Å². The van der Waals surface area contributed by atoms with Crippen molar-refractivity contribution >= 4 is 17.9 Å². The molecular weight excluding hydrogens is 344 g/mol. The van der Waals surface area contributed by atoms with E-state index in [2.05, 4.69) is 70.6 Å². The quantitative estimate of drug-likeness (QED) is 0.709. The zero-order chi connectivity index (χ0) is 17.9. The molecule has 5 nitrogen and oxygen atoms in total. The van der Waals surface area contributed by atoms with Crippen LogP contribution in [0.5, 0.6) is 0 Å². The summed E-state index contributed by atoms with van der Waals surface area (Å²) in [4.78, 5) is 2.34. The van der Waals surface area contributed by atoms with Gasteiger partial charge in [-0.2, -0.15) is 5.10 Å². The molecule has 0 atom stereocenters. The van der Waals surface area contributed by atoms with Crippen LogP contribution < -0.4 is 4.90 Å². The minimum Gasteiger partial charge on any atom is -0.378 e. The van der Waals surface area contributed by atoms with Gasteiger partial charge in [-0.3, -0.25) is 9.67 Å². The maximum Gasteiger partial charge on any atom is 0.200 e. The number of aryl methyl sites for hydroxylation is 1. The van der Waals surface area contributed by atoms with Crippen LogP contribution in [0.1, 0.15) is 12.5 Å². The SMILES string of the molecule is CCc1cccc(-c2n[nH]c(=S)n2-c2ccc(N3CCOCC3)cc2)c1. The van der Waals surface area contributed by atoms with Gasteiger partial charge < -0.3 is 9.64 Å². The number of nitrogens with zero attached hydrogens (tertiary/aromatic N) is 3. The normalized spacial score (nSPS) is 14.6. The highest BCUT2D eigenvalue weighted by molar-refractivity contribution is 7.71. The van der Waals surface area contributed by atoms with Crippen LogP contribution in [0.4, 0.5) is 5.69 Å². The fraction of sp³-hybridized carbons (Fsp3) is 0.300. The highest BCUT2D eigenvalue weighted by Gasteiger charge is 2.14. The number of morpholine rings is 1. The van der Waals surface area contributed by atoms with Gasteiger partial charge in [-0.25, -0.2) is 0 Å². The number of aromatic amines is 1. The Kier molecular flexibility index (Phi) is 4.86. The molecule has 0 amide bonds. The molecule has 0 unspecified atom stereocenters. The predicted molar refractivity (Wildman–Crippen MR) is 107 cm³/mol. The third-order valence-electron chi connectivity index (χ3n) is 4.75. The summed E-state index contributed by atoms with van der Waals surface area (Å²) in [6, 6.07) is 16.9. The van der Waals surface area contributed by atoms with Crippen molar-refractivity contribution in [1.29, 1.82) is 0 Å². The Balaban J connectivity index is 1.69. The summed E-state index contributed by atoms with van der Waals surface area (Å²) < 4.78 is 8.02. The smallest absolute Gasteiger partial charge is 0.200 e. The molecule has 1 N–H and O–H groups in total. The molecule has 6 heteroatoms. The van der Waals surface area contributed by atoms with Gasteiger partial charge in [-0.15, -0.1) is 0 Å². The Hall–Kier alpha value is -2.44. The van der Waals surface area contributed by atoms with Crippen molar-refractivity contribution in [3.63, 3.8) is 0 Å². The second-order valence-electron chi connectivity index (χ2n) is 6.36. The zero-order valence-electron chi connectivity index (χ0n) is 14.8. The number of anilines is 1. The van der Waals surface area contributed by atoms with E-state index in [1.54, 1.807) is 0 Å². The number of hydrogen-bond acceptors (Lipinski definition) is 4. The summed E-state index contributed by atoms with van der Waals surface area (Å²) in [5.41, 5.74) is 4.57. The third-order valence-corrected chi connectivity index (χ3v) is 5.02. The number of benzene rings is 2. The first-order chi connectivity index (χ1) is 12.8. The van der Waals surface area contributed by atoms with Gasteiger partial charge in [0, 0.05) is 24.3 Å². The Morgan fingerprint density at radius 2 is 1.81 bits per heavy atom. The Morgan fingerprint density at radius 1 is 1.08 bits per heavy atom. The van der Waals surface area contributed by atoms with Gasteiger partial charge >= 0.3 is 0 Å². The van der Waals surface area contributed by atoms with Crippen LogP contribution in [0, 0.1) is 4.77 Å². The van der Waals surface area contributed by atoms with E-state index < -0.39 is 0 Å². The maximum absolute atomic E-state index is 5.49. The fourth-order valence-corrected chi connectivity index (χ4v) is 3.53. The molecule has 4 rings (SSSR count). The van der Waals surface area contributed by atoms with Gasteiger partial charge in [0.25, 0.3) is 0 Å². The van der Waals surface area contributed by atoms with Crippen molar-refractivity contribution in [3.8, 4) is 17.1 Å². The molecular formula is C20H22N4OS.